The summed E-state index contributed by atoms with van der Waals surface area (Å²) in [6.07, 6.45) is 0.160. The number of rotatable bonds is 3. The number of carbonyl (C=O) groups is 1. The van der Waals surface area contributed by atoms with Gasteiger partial charge in [0.2, 0.25) is 5.91 Å². The van der Waals surface area contributed by atoms with Crippen molar-refractivity contribution in [2.24, 2.45) is 0 Å². The van der Waals surface area contributed by atoms with Crippen molar-refractivity contribution in [3.63, 3.8) is 0 Å². The van der Waals surface area contributed by atoms with E-state index in [2.05, 4.69) is 17.1 Å². The van der Waals surface area contributed by atoms with E-state index in [1.165, 1.54) is 0 Å². The van der Waals surface area contributed by atoms with E-state index in [-0.39, 0.29) is 24.2 Å². The molecule has 0 spiro atoms. The Balaban J connectivity index is 2.62. The second kappa shape index (κ2) is 4.28. The largest absolute Gasteiger partial charge is 0.322 e. The monoisotopic (exact) mass is 199 g/mol. The van der Waals surface area contributed by atoms with Crippen molar-refractivity contribution in [2.45, 2.75) is 39.0 Å². The van der Waals surface area contributed by atoms with Gasteiger partial charge in [-0.3, -0.25) is 10.1 Å². The zero-order chi connectivity index (χ0) is 10.9. The molecule has 4 heteroatoms. The van der Waals surface area contributed by atoms with Gasteiger partial charge in [-0.2, -0.15) is 0 Å². The molecule has 1 aliphatic heterocycles. The van der Waals surface area contributed by atoms with Crippen molar-refractivity contribution in [3.05, 3.63) is 0 Å². The van der Waals surface area contributed by atoms with Gasteiger partial charge in [0.25, 0.3) is 0 Å². The van der Waals surface area contributed by atoms with Crippen molar-refractivity contribution < 1.29 is 4.79 Å². The Kier molecular flexibility index (Phi) is 3.50. The molecule has 1 amide bonds. The maximum absolute atomic E-state index is 11.8. The second-order valence-corrected chi connectivity index (χ2v) is 4.42. The van der Waals surface area contributed by atoms with E-state index >= 15 is 0 Å². The lowest BCUT2D eigenvalue weighted by Gasteiger charge is -2.30. The Morgan fingerprint density at radius 3 is 2.43 bits per heavy atom. The molecule has 3 unspecified atom stereocenters. The molecule has 82 valence electrons. The lowest BCUT2D eigenvalue weighted by atomic mass is 10.2. The van der Waals surface area contributed by atoms with Crippen LogP contribution >= 0.6 is 0 Å². The van der Waals surface area contributed by atoms with E-state index in [9.17, 15) is 4.79 Å². The van der Waals surface area contributed by atoms with Crippen molar-refractivity contribution in [3.8, 4) is 0 Å². The zero-order valence-corrected chi connectivity index (χ0v) is 9.74. The Morgan fingerprint density at radius 2 is 2.07 bits per heavy atom. The summed E-state index contributed by atoms with van der Waals surface area (Å²) in [6.45, 7) is 6.95. The molecule has 0 radical (unpaired) electrons. The predicted octanol–water partition coefficient (Wildman–Crippen LogP) is 0.103. The van der Waals surface area contributed by atoms with E-state index in [0.29, 0.717) is 0 Å². The summed E-state index contributed by atoms with van der Waals surface area (Å²) < 4.78 is 0. The third kappa shape index (κ3) is 2.25. The molecule has 1 N–H and O–H groups in total. The molecule has 1 aliphatic rings. The van der Waals surface area contributed by atoms with E-state index in [1.807, 2.05) is 32.8 Å². The van der Waals surface area contributed by atoms with Gasteiger partial charge >= 0.3 is 0 Å². The summed E-state index contributed by atoms with van der Waals surface area (Å²) in [6, 6.07) is 0.236. The average Bonchev–Trinajstić information content (AvgIpc) is 2.25. The SMILES string of the molecule is CC1NC(C)N(C(C)CN(C)C)C1=O. The Labute approximate surface area is 86.2 Å². The number of hydrogen-bond donors (Lipinski definition) is 1. The van der Waals surface area contributed by atoms with E-state index in [0.717, 1.165) is 6.54 Å². The number of hydrogen-bond acceptors (Lipinski definition) is 3. The number of likely N-dealkylation sites (N-methyl/N-ethyl adjacent to an activating group) is 1. The first-order chi connectivity index (χ1) is 6.43. The van der Waals surface area contributed by atoms with Gasteiger partial charge in [-0.1, -0.05) is 0 Å². The third-order valence-corrected chi connectivity index (χ3v) is 2.64. The Bertz CT molecular complexity index is 217. The normalized spacial score (nSPS) is 30.1. The molecule has 1 rings (SSSR count). The highest BCUT2D eigenvalue weighted by atomic mass is 16.2. The molecular weight excluding hydrogens is 178 g/mol. The van der Waals surface area contributed by atoms with Gasteiger partial charge in [0.1, 0.15) is 0 Å². The summed E-state index contributed by atoms with van der Waals surface area (Å²) in [5, 5.41) is 3.23. The average molecular weight is 199 g/mol. The van der Waals surface area contributed by atoms with Gasteiger partial charge in [-0.15, -0.1) is 0 Å². The number of nitrogens with one attached hydrogen (secondary N) is 1. The molecule has 0 aromatic heterocycles. The van der Waals surface area contributed by atoms with Gasteiger partial charge in [-0.05, 0) is 34.9 Å². The van der Waals surface area contributed by atoms with Crippen LogP contribution in [0, 0.1) is 0 Å². The fraction of sp³-hybridized carbons (Fsp3) is 0.900. The van der Waals surface area contributed by atoms with Crippen LogP contribution < -0.4 is 5.32 Å². The molecule has 0 aromatic rings. The molecule has 0 saturated carbocycles. The van der Waals surface area contributed by atoms with Crippen LogP contribution in [0.25, 0.3) is 0 Å². The second-order valence-electron chi connectivity index (χ2n) is 4.42. The van der Waals surface area contributed by atoms with Crippen molar-refractivity contribution in [1.82, 2.24) is 15.1 Å². The van der Waals surface area contributed by atoms with Crippen LogP contribution in [0.2, 0.25) is 0 Å². The van der Waals surface area contributed by atoms with Crippen molar-refractivity contribution >= 4 is 5.91 Å². The molecule has 1 fully saturated rings. The summed E-state index contributed by atoms with van der Waals surface area (Å²) in [5.74, 6) is 0.215. The molecule has 14 heavy (non-hydrogen) atoms. The minimum atomic E-state index is -0.0328. The minimum Gasteiger partial charge on any atom is -0.322 e. The van der Waals surface area contributed by atoms with E-state index < -0.39 is 0 Å². The van der Waals surface area contributed by atoms with Crippen LogP contribution in [0.15, 0.2) is 0 Å². The predicted molar refractivity (Wildman–Crippen MR) is 56.9 cm³/mol. The fourth-order valence-electron chi connectivity index (χ4n) is 2.14. The first-order valence-electron chi connectivity index (χ1n) is 5.16. The van der Waals surface area contributed by atoms with Crippen molar-refractivity contribution in [2.75, 3.05) is 20.6 Å². The number of amides is 1. The molecule has 0 aromatic carbocycles. The fourth-order valence-corrected chi connectivity index (χ4v) is 2.14. The third-order valence-electron chi connectivity index (χ3n) is 2.64. The highest BCUT2D eigenvalue weighted by molar-refractivity contribution is 5.84. The smallest absolute Gasteiger partial charge is 0.241 e. The van der Waals surface area contributed by atoms with Gasteiger partial charge in [0, 0.05) is 12.6 Å². The van der Waals surface area contributed by atoms with Gasteiger partial charge in [0.15, 0.2) is 0 Å². The van der Waals surface area contributed by atoms with Crippen LogP contribution in [0.1, 0.15) is 20.8 Å². The van der Waals surface area contributed by atoms with Crippen LogP contribution in [0.4, 0.5) is 0 Å². The lowest BCUT2D eigenvalue weighted by molar-refractivity contribution is -0.131. The number of carbonyl (C=O) groups excluding carboxylic acids is 1. The number of nitrogens with zero attached hydrogens (tertiary/aromatic N) is 2. The Hall–Kier alpha value is -0.610. The van der Waals surface area contributed by atoms with Crippen LogP contribution in [-0.2, 0) is 4.79 Å². The topological polar surface area (TPSA) is 35.6 Å². The lowest BCUT2D eigenvalue weighted by Crippen LogP contribution is -2.46. The molecule has 3 atom stereocenters. The molecular formula is C10H21N3O. The summed E-state index contributed by atoms with van der Waals surface area (Å²) in [5.41, 5.74) is 0. The maximum atomic E-state index is 11.8. The van der Waals surface area contributed by atoms with Crippen LogP contribution in [0.5, 0.6) is 0 Å². The van der Waals surface area contributed by atoms with Gasteiger partial charge < -0.3 is 9.80 Å². The van der Waals surface area contributed by atoms with Crippen LogP contribution in [-0.4, -0.2) is 54.6 Å². The van der Waals surface area contributed by atoms with Crippen LogP contribution in [0.3, 0.4) is 0 Å². The Morgan fingerprint density at radius 1 is 1.50 bits per heavy atom. The zero-order valence-electron chi connectivity index (χ0n) is 9.74. The maximum Gasteiger partial charge on any atom is 0.241 e. The summed E-state index contributed by atoms with van der Waals surface area (Å²) in [4.78, 5) is 15.8. The van der Waals surface area contributed by atoms with Gasteiger partial charge in [-0.25, -0.2) is 0 Å². The first-order valence-corrected chi connectivity index (χ1v) is 5.16. The summed E-state index contributed by atoms with van der Waals surface area (Å²) >= 11 is 0. The molecule has 0 aliphatic carbocycles. The van der Waals surface area contributed by atoms with E-state index in [1.54, 1.807) is 0 Å². The van der Waals surface area contributed by atoms with Crippen molar-refractivity contribution in [1.29, 1.82) is 0 Å². The summed E-state index contributed by atoms with van der Waals surface area (Å²) in [7, 11) is 4.05. The highest BCUT2D eigenvalue weighted by Gasteiger charge is 2.36. The molecule has 1 heterocycles. The molecule has 4 nitrogen and oxygen atoms in total. The standard InChI is InChI=1S/C10H21N3O/c1-7(6-12(4)5)13-9(3)11-8(2)10(13)14/h7-9,11H,6H2,1-5H3. The quantitative estimate of drug-likeness (QED) is 0.700. The highest BCUT2D eigenvalue weighted by Crippen LogP contribution is 2.14. The van der Waals surface area contributed by atoms with E-state index in [4.69, 9.17) is 0 Å². The molecule has 0 bridgehead atoms. The molecule has 1 saturated heterocycles. The van der Waals surface area contributed by atoms with Gasteiger partial charge in [0.05, 0.1) is 12.2 Å². The first kappa shape index (κ1) is 11.5. The minimum absolute atomic E-state index is 0.0328.